The second-order valence-electron chi connectivity index (χ2n) is 5.37. The molecule has 1 amide bonds. The molecule has 0 aromatic heterocycles. The molecule has 0 bridgehead atoms. The maximum Gasteiger partial charge on any atom is 0.251 e. The Morgan fingerprint density at radius 2 is 2.11 bits per heavy atom. The fraction of sp³-hybridized carbons (Fsp3) is 0.533. The van der Waals surface area contributed by atoms with E-state index < -0.39 is 0 Å². The third-order valence-electron chi connectivity index (χ3n) is 4.22. The molecule has 1 aromatic carbocycles. The van der Waals surface area contributed by atoms with Gasteiger partial charge in [0.05, 0.1) is 5.02 Å². The van der Waals surface area contributed by atoms with Crippen molar-refractivity contribution in [1.29, 1.82) is 0 Å². The average Bonchev–Trinajstić information content (AvgIpc) is 2.89. The Bertz CT molecular complexity index is 469. The Labute approximate surface area is 128 Å². The summed E-state index contributed by atoms with van der Waals surface area (Å²) in [6.45, 7) is 2.99. The number of carbonyl (C=O) groups excluding carboxylic acids is 1. The Balaban J connectivity index is 1.99. The van der Waals surface area contributed by atoms with E-state index in [1.807, 2.05) is 6.07 Å². The molecule has 1 saturated carbocycles. The van der Waals surface area contributed by atoms with Gasteiger partial charge < -0.3 is 5.32 Å². The summed E-state index contributed by atoms with van der Waals surface area (Å²) in [5, 5.41) is 3.63. The van der Waals surface area contributed by atoms with Crippen molar-refractivity contribution in [3.05, 3.63) is 33.3 Å². The van der Waals surface area contributed by atoms with Crippen molar-refractivity contribution in [3.63, 3.8) is 0 Å². The molecule has 1 aromatic rings. The molecule has 0 aliphatic heterocycles. The molecule has 19 heavy (non-hydrogen) atoms. The van der Waals surface area contributed by atoms with Crippen LogP contribution in [-0.2, 0) is 0 Å². The van der Waals surface area contributed by atoms with E-state index in [0.717, 1.165) is 17.4 Å². The zero-order valence-electron chi connectivity index (χ0n) is 11.1. The van der Waals surface area contributed by atoms with Gasteiger partial charge in [0.1, 0.15) is 0 Å². The van der Waals surface area contributed by atoms with Gasteiger partial charge in [-0.25, -0.2) is 0 Å². The lowest BCUT2D eigenvalue weighted by Gasteiger charge is -2.27. The van der Waals surface area contributed by atoms with Crippen LogP contribution in [-0.4, -0.2) is 12.5 Å². The number of halogens is 2. The summed E-state index contributed by atoms with van der Waals surface area (Å²) in [5.41, 5.74) is 0.937. The van der Waals surface area contributed by atoms with Gasteiger partial charge in [0.2, 0.25) is 0 Å². The summed E-state index contributed by atoms with van der Waals surface area (Å²) in [6.07, 6.45) is 6.16. The van der Waals surface area contributed by atoms with Gasteiger partial charge in [-0.05, 0) is 58.8 Å². The number of amides is 1. The summed E-state index contributed by atoms with van der Waals surface area (Å²) >= 11 is 9.34. The molecule has 0 saturated heterocycles. The van der Waals surface area contributed by atoms with Crippen LogP contribution in [0, 0.1) is 5.41 Å². The Morgan fingerprint density at radius 3 is 2.68 bits per heavy atom. The zero-order valence-corrected chi connectivity index (χ0v) is 13.5. The number of benzene rings is 1. The van der Waals surface area contributed by atoms with Crippen molar-refractivity contribution in [2.24, 2.45) is 5.41 Å². The predicted octanol–water partition coefficient (Wildman–Crippen LogP) is 4.80. The molecule has 1 fully saturated rings. The first-order valence-corrected chi connectivity index (χ1v) is 7.97. The lowest BCUT2D eigenvalue weighted by molar-refractivity contribution is 0.0929. The maximum atomic E-state index is 12.1. The first-order valence-electron chi connectivity index (χ1n) is 6.79. The highest BCUT2D eigenvalue weighted by atomic mass is 79.9. The number of nitrogens with one attached hydrogen (secondary N) is 1. The zero-order chi connectivity index (χ0) is 13.9. The van der Waals surface area contributed by atoms with Crippen LogP contribution >= 0.6 is 27.5 Å². The fourth-order valence-electron chi connectivity index (χ4n) is 2.79. The molecule has 1 N–H and O–H groups in total. The van der Waals surface area contributed by atoms with E-state index in [0.29, 0.717) is 16.0 Å². The summed E-state index contributed by atoms with van der Waals surface area (Å²) in [4.78, 5) is 12.1. The van der Waals surface area contributed by atoms with Crippen molar-refractivity contribution in [2.45, 2.75) is 39.0 Å². The predicted molar refractivity (Wildman–Crippen MR) is 82.7 cm³/mol. The van der Waals surface area contributed by atoms with Gasteiger partial charge in [-0.3, -0.25) is 4.79 Å². The van der Waals surface area contributed by atoms with E-state index in [2.05, 4.69) is 28.2 Å². The highest BCUT2D eigenvalue weighted by Gasteiger charge is 2.32. The molecule has 0 heterocycles. The fourth-order valence-corrected chi connectivity index (χ4v) is 3.21. The standard InChI is InChI=1S/C15H19BrClNO/c1-2-15(7-3-4-8-15)10-18-14(19)11-5-6-12(16)13(17)9-11/h5-6,9H,2-4,7-8,10H2,1H3,(H,18,19). The van der Waals surface area contributed by atoms with Crippen LogP contribution in [0.2, 0.25) is 5.02 Å². The van der Waals surface area contributed by atoms with E-state index >= 15 is 0 Å². The molecule has 104 valence electrons. The van der Waals surface area contributed by atoms with Gasteiger partial charge in [-0.15, -0.1) is 0 Å². The van der Waals surface area contributed by atoms with Crippen molar-refractivity contribution in [1.82, 2.24) is 5.32 Å². The molecular weight excluding hydrogens is 326 g/mol. The minimum Gasteiger partial charge on any atom is -0.351 e. The smallest absolute Gasteiger partial charge is 0.251 e. The maximum absolute atomic E-state index is 12.1. The van der Waals surface area contributed by atoms with Crippen LogP contribution in [0.1, 0.15) is 49.4 Å². The topological polar surface area (TPSA) is 29.1 Å². The van der Waals surface area contributed by atoms with Crippen LogP contribution in [0.15, 0.2) is 22.7 Å². The summed E-state index contributed by atoms with van der Waals surface area (Å²) < 4.78 is 0.812. The SMILES string of the molecule is CCC1(CNC(=O)c2ccc(Br)c(Cl)c2)CCCC1. The highest BCUT2D eigenvalue weighted by Crippen LogP contribution is 2.40. The first kappa shape index (κ1) is 14.9. The monoisotopic (exact) mass is 343 g/mol. The van der Waals surface area contributed by atoms with Gasteiger partial charge in [0, 0.05) is 16.6 Å². The molecule has 2 nitrogen and oxygen atoms in total. The highest BCUT2D eigenvalue weighted by molar-refractivity contribution is 9.10. The molecule has 0 spiro atoms. The molecule has 0 unspecified atom stereocenters. The lowest BCUT2D eigenvalue weighted by Crippen LogP contribution is -2.35. The molecule has 0 atom stereocenters. The van der Waals surface area contributed by atoms with Crippen LogP contribution < -0.4 is 5.32 Å². The van der Waals surface area contributed by atoms with E-state index in [1.165, 1.54) is 25.7 Å². The van der Waals surface area contributed by atoms with Crippen molar-refractivity contribution < 1.29 is 4.79 Å². The minimum atomic E-state index is -0.0332. The van der Waals surface area contributed by atoms with Gasteiger partial charge in [-0.1, -0.05) is 31.4 Å². The summed E-state index contributed by atoms with van der Waals surface area (Å²) in [6, 6.07) is 5.30. The van der Waals surface area contributed by atoms with Crippen LogP contribution in [0.25, 0.3) is 0 Å². The van der Waals surface area contributed by atoms with E-state index in [4.69, 9.17) is 11.6 Å². The number of carbonyl (C=O) groups is 1. The first-order chi connectivity index (χ1) is 9.06. The lowest BCUT2D eigenvalue weighted by atomic mass is 9.83. The Kier molecular flexibility index (Phi) is 4.91. The summed E-state index contributed by atoms with van der Waals surface area (Å²) in [7, 11) is 0. The minimum absolute atomic E-state index is 0.0332. The normalized spacial score (nSPS) is 17.4. The van der Waals surface area contributed by atoms with Gasteiger partial charge in [-0.2, -0.15) is 0 Å². The second kappa shape index (κ2) is 6.27. The van der Waals surface area contributed by atoms with Gasteiger partial charge in [0.15, 0.2) is 0 Å². The molecule has 0 radical (unpaired) electrons. The quantitative estimate of drug-likeness (QED) is 0.835. The van der Waals surface area contributed by atoms with Gasteiger partial charge in [0.25, 0.3) is 5.91 Å². The van der Waals surface area contributed by atoms with Crippen LogP contribution in [0.5, 0.6) is 0 Å². The van der Waals surface area contributed by atoms with Crippen LogP contribution in [0.3, 0.4) is 0 Å². The van der Waals surface area contributed by atoms with Crippen molar-refractivity contribution in [3.8, 4) is 0 Å². The van der Waals surface area contributed by atoms with Crippen LogP contribution in [0.4, 0.5) is 0 Å². The number of hydrogen-bond donors (Lipinski definition) is 1. The van der Waals surface area contributed by atoms with Gasteiger partial charge >= 0.3 is 0 Å². The molecule has 1 aliphatic rings. The number of rotatable bonds is 4. The Hall–Kier alpha value is -0.540. The van der Waals surface area contributed by atoms with E-state index in [1.54, 1.807) is 12.1 Å². The second-order valence-corrected chi connectivity index (χ2v) is 6.63. The van der Waals surface area contributed by atoms with Crippen molar-refractivity contribution in [2.75, 3.05) is 6.54 Å². The van der Waals surface area contributed by atoms with E-state index in [9.17, 15) is 4.79 Å². The third kappa shape index (κ3) is 3.51. The van der Waals surface area contributed by atoms with E-state index in [-0.39, 0.29) is 5.91 Å². The Morgan fingerprint density at radius 1 is 1.42 bits per heavy atom. The largest absolute Gasteiger partial charge is 0.351 e. The molecule has 2 rings (SSSR count). The third-order valence-corrected chi connectivity index (χ3v) is 5.45. The average molecular weight is 345 g/mol. The van der Waals surface area contributed by atoms with Crippen molar-refractivity contribution >= 4 is 33.4 Å². The molecular formula is C15H19BrClNO. The molecule has 1 aliphatic carbocycles. The summed E-state index contributed by atoms with van der Waals surface area (Å²) in [5.74, 6) is -0.0332. The number of hydrogen-bond acceptors (Lipinski definition) is 1. The molecule has 4 heteroatoms.